The summed E-state index contributed by atoms with van der Waals surface area (Å²) in [4.78, 5) is 29.5. The third-order valence-corrected chi connectivity index (χ3v) is 4.47. The molecular weight excluding hydrogens is 290 g/mol. The summed E-state index contributed by atoms with van der Waals surface area (Å²) >= 11 is 0. The van der Waals surface area contributed by atoms with Gasteiger partial charge in [0.1, 0.15) is 0 Å². The number of benzene rings is 1. The van der Waals surface area contributed by atoms with Gasteiger partial charge >= 0.3 is 0 Å². The zero-order valence-corrected chi connectivity index (χ0v) is 13.4. The molecule has 0 saturated carbocycles. The number of nitrogens with zero attached hydrogens (tertiary/aromatic N) is 1. The molecule has 2 amide bonds. The number of aromatic nitrogens is 1. The van der Waals surface area contributed by atoms with Crippen LogP contribution in [0.2, 0.25) is 0 Å². The van der Waals surface area contributed by atoms with Crippen molar-refractivity contribution in [3.05, 3.63) is 58.4 Å². The molecule has 1 aliphatic rings. The van der Waals surface area contributed by atoms with Crippen LogP contribution >= 0.6 is 0 Å². The first-order valence-electron chi connectivity index (χ1n) is 7.83. The molecule has 3 N–H and O–H groups in total. The summed E-state index contributed by atoms with van der Waals surface area (Å²) in [7, 11) is 0. The molecule has 1 fully saturated rings. The Morgan fingerprint density at radius 2 is 2.04 bits per heavy atom. The lowest BCUT2D eigenvalue weighted by Crippen LogP contribution is -2.31. The maximum Gasteiger partial charge on any atom is 0.254 e. The van der Waals surface area contributed by atoms with Gasteiger partial charge in [-0.15, -0.1) is 0 Å². The second kappa shape index (κ2) is 5.91. The van der Waals surface area contributed by atoms with Gasteiger partial charge in [-0.3, -0.25) is 9.59 Å². The lowest BCUT2D eigenvalue weighted by atomic mass is 10.0. The Balaban J connectivity index is 1.90. The van der Waals surface area contributed by atoms with Crippen LogP contribution in [0, 0.1) is 13.8 Å². The van der Waals surface area contributed by atoms with Crippen LogP contribution in [-0.4, -0.2) is 28.2 Å². The lowest BCUT2D eigenvalue weighted by molar-refractivity contribution is 0.0733. The number of carbonyl (C=O) groups excluding carboxylic acids is 2. The molecule has 1 aliphatic heterocycles. The molecule has 1 saturated heterocycles. The van der Waals surface area contributed by atoms with Crippen molar-refractivity contribution in [3.63, 3.8) is 0 Å². The molecule has 0 unspecified atom stereocenters. The number of hydrogen-bond donors (Lipinski definition) is 2. The molecule has 0 bridgehead atoms. The molecule has 0 radical (unpaired) electrons. The summed E-state index contributed by atoms with van der Waals surface area (Å²) in [6.07, 6.45) is 3.87. The fraction of sp³-hybridized carbons (Fsp3) is 0.333. The van der Waals surface area contributed by atoms with Crippen molar-refractivity contribution in [1.29, 1.82) is 0 Å². The minimum Gasteiger partial charge on any atom is -0.366 e. The van der Waals surface area contributed by atoms with Crippen molar-refractivity contribution < 1.29 is 9.59 Å². The fourth-order valence-electron chi connectivity index (χ4n) is 3.24. The molecule has 5 nitrogen and oxygen atoms in total. The van der Waals surface area contributed by atoms with Gasteiger partial charge < -0.3 is 15.6 Å². The molecule has 2 heterocycles. The molecule has 3 rings (SSSR count). The zero-order chi connectivity index (χ0) is 16.6. The lowest BCUT2D eigenvalue weighted by Gasteiger charge is -2.24. The Hall–Kier alpha value is -2.56. The standard InChI is InChI=1S/C18H21N3O2/c1-11-8-15(20-10-11)16-4-3-7-21(16)18(23)13-6-5-12(2)14(9-13)17(19)22/h5-6,8-10,16,20H,3-4,7H2,1-2H3,(H2,19,22)/t16-/m1/s1. The van der Waals surface area contributed by atoms with Crippen LogP contribution in [0.1, 0.15) is 56.4 Å². The number of H-pyrrole nitrogens is 1. The van der Waals surface area contributed by atoms with Crippen LogP contribution in [0.25, 0.3) is 0 Å². The number of nitrogens with two attached hydrogens (primary N) is 1. The Morgan fingerprint density at radius 1 is 1.26 bits per heavy atom. The van der Waals surface area contributed by atoms with Crippen molar-refractivity contribution in [2.45, 2.75) is 32.7 Å². The van der Waals surface area contributed by atoms with Crippen LogP contribution in [0.3, 0.4) is 0 Å². The predicted octanol–water partition coefficient (Wildman–Crippen LogP) is 2.71. The molecule has 120 valence electrons. The quantitative estimate of drug-likeness (QED) is 0.914. The van der Waals surface area contributed by atoms with Gasteiger partial charge in [-0.2, -0.15) is 0 Å². The Morgan fingerprint density at radius 3 is 2.70 bits per heavy atom. The van der Waals surface area contributed by atoms with E-state index in [1.165, 1.54) is 0 Å². The molecule has 0 aliphatic carbocycles. The van der Waals surface area contributed by atoms with Crippen LogP contribution in [-0.2, 0) is 0 Å². The van der Waals surface area contributed by atoms with Gasteiger partial charge in [0.05, 0.1) is 6.04 Å². The third kappa shape index (κ3) is 2.86. The van der Waals surface area contributed by atoms with E-state index in [4.69, 9.17) is 5.73 Å². The molecular formula is C18H21N3O2. The van der Waals surface area contributed by atoms with Crippen molar-refractivity contribution in [2.75, 3.05) is 6.54 Å². The van der Waals surface area contributed by atoms with Gasteiger partial charge in [-0.05, 0) is 56.0 Å². The number of amides is 2. The Labute approximate surface area is 135 Å². The molecule has 1 atom stereocenters. The molecule has 2 aromatic rings. The summed E-state index contributed by atoms with van der Waals surface area (Å²) in [5.41, 5.74) is 9.32. The number of carbonyl (C=O) groups is 2. The predicted molar refractivity (Wildman–Crippen MR) is 88.2 cm³/mol. The molecule has 5 heteroatoms. The number of aromatic amines is 1. The highest BCUT2D eigenvalue weighted by Gasteiger charge is 2.31. The van der Waals surface area contributed by atoms with E-state index in [0.717, 1.165) is 36.2 Å². The van der Waals surface area contributed by atoms with Gasteiger partial charge in [0.15, 0.2) is 0 Å². The van der Waals surface area contributed by atoms with Gasteiger partial charge in [0, 0.05) is 29.6 Å². The Kier molecular flexibility index (Phi) is 3.94. The van der Waals surface area contributed by atoms with E-state index in [9.17, 15) is 9.59 Å². The first-order chi connectivity index (χ1) is 11.0. The van der Waals surface area contributed by atoms with Crippen LogP contribution in [0.4, 0.5) is 0 Å². The second-order valence-electron chi connectivity index (χ2n) is 6.18. The smallest absolute Gasteiger partial charge is 0.254 e. The number of nitrogens with one attached hydrogen (secondary N) is 1. The fourth-order valence-corrected chi connectivity index (χ4v) is 3.24. The molecule has 0 spiro atoms. The third-order valence-electron chi connectivity index (χ3n) is 4.47. The largest absolute Gasteiger partial charge is 0.366 e. The van der Waals surface area contributed by atoms with E-state index in [1.54, 1.807) is 18.2 Å². The minimum atomic E-state index is -0.505. The average molecular weight is 311 g/mol. The first-order valence-corrected chi connectivity index (χ1v) is 7.83. The summed E-state index contributed by atoms with van der Waals surface area (Å²) in [5.74, 6) is -0.558. The maximum absolute atomic E-state index is 12.9. The SMILES string of the molecule is Cc1c[nH]c([C@H]2CCCN2C(=O)c2ccc(C)c(C(N)=O)c2)c1. The average Bonchev–Trinajstić information content (AvgIpc) is 3.15. The van der Waals surface area contributed by atoms with E-state index in [2.05, 4.69) is 11.1 Å². The summed E-state index contributed by atoms with van der Waals surface area (Å²) < 4.78 is 0. The van der Waals surface area contributed by atoms with Crippen molar-refractivity contribution in [3.8, 4) is 0 Å². The van der Waals surface area contributed by atoms with E-state index < -0.39 is 5.91 Å². The number of likely N-dealkylation sites (tertiary alicyclic amines) is 1. The van der Waals surface area contributed by atoms with Gasteiger partial charge in [0.25, 0.3) is 5.91 Å². The van der Waals surface area contributed by atoms with Crippen LogP contribution in [0.15, 0.2) is 30.5 Å². The van der Waals surface area contributed by atoms with Crippen molar-refractivity contribution in [1.82, 2.24) is 9.88 Å². The topological polar surface area (TPSA) is 79.2 Å². The van der Waals surface area contributed by atoms with Crippen molar-refractivity contribution >= 4 is 11.8 Å². The minimum absolute atomic E-state index is 0.0535. The van der Waals surface area contributed by atoms with Gasteiger partial charge in [0.2, 0.25) is 5.91 Å². The number of rotatable bonds is 3. The summed E-state index contributed by atoms with van der Waals surface area (Å²) in [5, 5.41) is 0. The highest BCUT2D eigenvalue weighted by atomic mass is 16.2. The van der Waals surface area contributed by atoms with Gasteiger partial charge in [-0.25, -0.2) is 0 Å². The van der Waals surface area contributed by atoms with E-state index >= 15 is 0 Å². The first kappa shape index (κ1) is 15.3. The monoisotopic (exact) mass is 311 g/mol. The summed E-state index contributed by atoms with van der Waals surface area (Å²) in [6.45, 7) is 4.57. The Bertz CT molecular complexity index is 763. The van der Waals surface area contributed by atoms with E-state index in [1.807, 2.05) is 24.9 Å². The molecule has 1 aromatic carbocycles. The van der Waals surface area contributed by atoms with E-state index in [0.29, 0.717) is 11.1 Å². The number of primary amides is 1. The van der Waals surface area contributed by atoms with Crippen LogP contribution in [0.5, 0.6) is 0 Å². The highest BCUT2D eigenvalue weighted by molar-refractivity contribution is 6.00. The highest BCUT2D eigenvalue weighted by Crippen LogP contribution is 2.33. The van der Waals surface area contributed by atoms with Gasteiger partial charge in [-0.1, -0.05) is 6.07 Å². The molecule has 1 aromatic heterocycles. The van der Waals surface area contributed by atoms with Crippen LogP contribution < -0.4 is 5.73 Å². The maximum atomic E-state index is 12.9. The number of hydrogen-bond acceptors (Lipinski definition) is 2. The molecule has 23 heavy (non-hydrogen) atoms. The second-order valence-corrected chi connectivity index (χ2v) is 6.18. The zero-order valence-electron chi connectivity index (χ0n) is 13.4. The van der Waals surface area contributed by atoms with E-state index in [-0.39, 0.29) is 11.9 Å². The normalized spacial score (nSPS) is 17.5. The number of aryl methyl sites for hydroxylation is 2. The summed E-state index contributed by atoms with van der Waals surface area (Å²) in [6, 6.07) is 7.29. The van der Waals surface area contributed by atoms with Crippen molar-refractivity contribution in [2.24, 2.45) is 5.73 Å².